The molecule has 0 unspecified atom stereocenters. The molecule has 162 valence electrons. The zero-order chi connectivity index (χ0) is 21.9. The van der Waals surface area contributed by atoms with Crippen molar-refractivity contribution in [2.45, 2.75) is 31.9 Å². The first kappa shape index (κ1) is 25.1. The first-order chi connectivity index (χ1) is 13.6. The van der Waals surface area contributed by atoms with E-state index < -0.39 is 18.1 Å². The number of carbonyl (C=O) groups is 3. The van der Waals surface area contributed by atoms with Gasteiger partial charge >= 0.3 is 18.1 Å². The number of pyridine rings is 1. The summed E-state index contributed by atoms with van der Waals surface area (Å²) in [5, 5.41) is 18.6. The standard InChI is InChI=1S/C15H20N2O3S2.C2HF3O2/c18-13(19)3-8-21-22-9-7-17-14(20)15(4-5-15)10-12-2-1-6-16-11-12;3-2(4,5)1(6)7/h1-2,6,11H,3-5,7-10H2,(H,17,20)(H,18,19);(H,6,7). The van der Waals surface area contributed by atoms with Gasteiger partial charge in [-0.3, -0.25) is 14.6 Å². The second kappa shape index (κ2) is 11.9. The van der Waals surface area contributed by atoms with E-state index in [4.69, 9.17) is 15.0 Å². The van der Waals surface area contributed by atoms with Gasteiger partial charge < -0.3 is 15.5 Å². The number of nitrogens with zero attached hydrogens (tertiary/aromatic N) is 1. The molecular formula is C17H21F3N2O5S2. The molecule has 29 heavy (non-hydrogen) atoms. The van der Waals surface area contributed by atoms with Crippen molar-refractivity contribution in [1.29, 1.82) is 0 Å². The number of alkyl halides is 3. The van der Waals surface area contributed by atoms with E-state index in [-0.39, 0.29) is 17.7 Å². The van der Waals surface area contributed by atoms with Crippen LogP contribution in [0.2, 0.25) is 0 Å². The predicted molar refractivity (Wildman–Crippen MR) is 103 cm³/mol. The molecule has 1 aliphatic carbocycles. The van der Waals surface area contributed by atoms with Crippen molar-refractivity contribution < 1.29 is 37.8 Å². The molecule has 12 heteroatoms. The minimum Gasteiger partial charge on any atom is -0.481 e. The van der Waals surface area contributed by atoms with Gasteiger partial charge in [0.1, 0.15) is 0 Å². The second-order valence-electron chi connectivity index (χ2n) is 6.16. The number of hydrogen-bond acceptors (Lipinski definition) is 6. The van der Waals surface area contributed by atoms with Crippen molar-refractivity contribution in [2.24, 2.45) is 5.41 Å². The monoisotopic (exact) mass is 454 g/mol. The highest BCUT2D eigenvalue weighted by atomic mass is 33.1. The van der Waals surface area contributed by atoms with Crippen molar-refractivity contribution in [3.8, 4) is 0 Å². The van der Waals surface area contributed by atoms with Gasteiger partial charge in [0.2, 0.25) is 5.91 Å². The lowest BCUT2D eigenvalue weighted by molar-refractivity contribution is -0.192. The number of halogens is 3. The number of aliphatic carboxylic acids is 2. The normalized spacial score (nSPS) is 14.3. The lowest BCUT2D eigenvalue weighted by atomic mass is 9.96. The van der Waals surface area contributed by atoms with E-state index in [1.165, 1.54) is 10.8 Å². The quantitative estimate of drug-likeness (QED) is 0.365. The average molecular weight is 454 g/mol. The topological polar surface area (TPSA) is 117 Å². The van der Waals surface area contributed by atoms with Crippen molar-refractivity contribution >= 4 is 39.4 Å². The maximum atomic E-state index is 12.3. The molecule has 1 saturated carbocycles. The Kier molecular flexibility index (Phi) is 10.3. The molecule has 0 saturated heterocycles. The number of carbonyl (C=O) groups excluding carboxylic acids is 1. The van der Waals surface area contributed by atoms with Gasteiger partial charge in [-0.1, -0.05) is 27.7 Å². The summed E-state index contributed by atoms with van der Waals surface area (Å²) < 4.78 is 31.7. The Balaban J connectivity index is 0.000000516. The molecule has 0 radical (unpaired) electrons. The fraction of sp³-hybridized carbons (Fsp3) is 0.529. The molecular weight excluding hydrogens is 433 g/mol. The Hall–Kier alpha value is -1.95. The Morgan fingerprint density at radius 2 is 1.79 bits per heavy atom. The molecule has 1 fully saturated rings. The van der Waals surface area contributed by atoms with Crippen LogP contribution in [0.5, 0.6) is 0 Å². The first-order valence-electron chi connectivity index (χ1n) is 8.50. The van der Waals surface area contributed by atoms with Gasteiger partial charge in [0.05, 0.1) is 11.8 Å². The van der Waals surface area contributed by atoms with Crippen LogP contribution in [-0.4, -0.2) is 57.3 Å². The van der Waals surface area contributed by atoms with Crippen LogP contribution in [0.1, 0.15) is 24.8 Å². The molecule has 1 heterocycles. The Bertz CT molecular complexity index is 685. The summed E-state index contributed by atoms with van der Waals surface area (Å²) in [6.07, 6.45) is 1.29. The summed E-state index contributed by atoms with van der Waals surface area (Å²) in [6.45, 7) is 0.623. The number of carboxylic acids is 2. The fourth-order valence-electron chi connectivity index (χ4n) is 2.17. The fourth-order valence-corrected chi connectivity index (χ4v) is 4.06. The third kappa shape index (κ3) is 10.4. The number of hydrogen-bond donors (Lipinski definition) is 3. The van der Waals surface area contributed by atoms with E-state index in [9.17, 15) is 22.8 Å². The zero-order valence-electron chi connectivity index (χ0n) is 15.3. The molecule has 1 aliphatic rings. The summed E-state index contributed by atoms with van der Waals surface area (Å²) >= 11 is 0. The van der Waals surface area contributed by atoms with Crippen molar-refractivity contribution in [3.05, 3.63) is 30.1 Å². The van der Waals surface area contributed by atoms with Crippen LogP contribution in [0.25, 0.3) is 0 Å². The number of nitrogens with one attached hydrogen (secondary N) is 1. The molecule has 0 atom stereocenters. The molecule has 1 aromatic heterocycles. The van der Waals surface area contributed by atoms with E-state index in [0.29, 0.717) is 12.3 Å². The second-order valence-corrected chi connectivity index (χ2v) is 8.87. The molecule has 0 aromatic carbocycles. The third-order valence-electron chi connectivity index (χ3n) is 3.80. The van der Waals surface area contributed by atoms with E-state index in [1.807, 2.05) is 18.3 Å². The van der Waals surface area contributed by atoms with Gasteiger partial charge in [-0.05, 0) is 30.9 Å². The van der Waals surface area contributed by atoms with Crippen LogP contribution >= 0.6 is 21.6 Å². The molecule has 0 bridgehead atoms. The molecule has 1 aromatic rings. The highest BCUT2D eigenvalue weighted by Crippen LogP contribution is 2.48. The Morgan fingerprint density at radius 3 is 2.28 bits per heavy atom. The van der Waals surface area contributed by atoms with E-state index in [1.54, 1.807) is 17.0 Å². The van der Waals surface area contributed by atoms with Crippen LogP contribution in [0.3, 0.4) is 0 Å². The van der Waals surface area contributed by atoms with Gasteiger partial charge in [-0.15, -0.1) is 0 Å². The van der Waals surface area contributed by atoms with Crippen LogP contribution in [0.4, 0.5) is 13.2 Å². The largest absolute Gasteiger partial charge is 0.490 e. The van der Waals surface area contributed by atoms with Gasteiger partial charge in [0, 0.05) is 30.4 Å². The SMILES string of the molecule is O=C(O)C(F)(F)F.O=C(O)CCSSCCNC(=O)C1(Cc2cccnc2)CC1. The summed E-state index contributed by atoms with van der Waals surface area (Å²) in [6, 6.07) is 3.91. The van der Waals surface area contributed by atoms with Crippen molar-refractivity contribution in [3.63, 3.8) is 0 Å². The first-order valence-corrected chi connectivity index (χ1v) is 11.0. The minimum atomic E-state index is -5.08. The molecule has 2 rings (SSSR count). The maximum Gasteiger partial charge on any atom is 0.490 e. The summed E-state index contributed by atoms with van der Waals surface area (Å²) in [5.41, 5.74) is 0.873. The molecule has 7 nitrogen and oxygen atoms in total. The van der Waals surface area contributed by atoms with Crippen LogP contribution in [0, 0.1) is 5.41 Å². The molecule has 0 aliphatic heterocycles. The number of amides is 1. The minimum absolute atomic E-state index is 0.132. The summed E-state index contributed by atoms with van der Waals surface area (Å²) in [4.78, 5) is 35.6. The van der Waals surface area contributed by atoms with Gasteiger partial charge in [-0.2, -0.15) is 13.2 Å². The Labute approximate surface area is 173 Å². The summed E-state index contributed by atoms with van der Waals surface area (Å²) in [7, 11) is 3.14. The third-order valence-corrected chi connectivity index (χ3v) is 6.20. The van der Waals surface area contributed by atoms with E-state index in [0.717, 1.165) is 30.6 Å². The number of rotatable bonds is 10. The highest BCUT2D eigenvalue weighted by Gasteiger charge is 2.49. The van der Waals surface area contributed by atoms with Crippen LogP contribution < -0.4 is 5.32 Å². The zero-order valence-corrected chi connectivity index (χ0v) is 16.9. The molecule has 0 spiro atoms. The average Bonchev–Trinajstić information content (AvgIpc) is 3.42. The van der Waals surface area contributed by atoms with Crippen molar-refractivity contribution in [1.82, 2.24) is 10.3 Å². The smallest absolute Gasteiger partial charge is 0.481 e. The van der Waals surface area contributed by atoms with E-state index in [2.05, 4.69) is 10.3 Å². The Morgan fingerprint density at radius 1 is 1.17 bits per heavy atom. The van der Waals surface area contributed by atoms with E-state index >= 15 is 0 Å². The lowest BCUT2D eigenvalue weighted by Gasteiger charge is -2.15. The number of aromatic nitrogens is 1. The van der Waals surface area contributed by atoms with Gasteiger partial charge in [-0.25, -0.2) is 4.79 Å². The predicted octanol–water partition coefficient (Wildman–Crippen LogP) is 3.01. The number of carboxylic acid groups (broad SMARTS) is 2. The highest BCUT2D eigenvalue weighted by molar-refractivity contribution is 8.76. The molecule has 1 amide bonds. The van der Waals surface area contributed by atoms with Crippen LogP contribution in [-0.2, 0) is 20.8 Å². The van der Waals surface area contributed by atoms with Crippen molar-refractivity contribution in [2.75, 3.05) is 18.1 Å². The lowest BCUT2D eigenvalue weighted by Crippen LogP contribution is -2.34. The van der Waals surface area contributed by atoms with Gasteiger partial charge in [0.25, 0.3) is 0 Å². The van der Waals surface area contributed by atoms with Gasteiger partial charge in [0.15, 0.2) is 0 Å². The molecule has 3 N–H and O–H groups in total. The maximum absolute atomic E-state index is 12.3. The summed E-state index contributed by atoms with van der Waals surface area (Å²) in [5.74, 6) is -2.01. The van der Waals surface area contributed by atoms with Crippen LogP contribution in [0.15, 0.2) is 24.5 Å².